The van der Waals surface area contributed by atoms with E-state index in [4.69, 9.17) is 5.11 Å². The SMILES string of the molecule is Cc1cc([N+](=O)[O-])ccc1NC1CCC(C(=O)O)CC1. The van der Waals surface area contributed by atoms with Gasteiger partial charge in [0.05, 0.1) is 10.8 Å². The molecule has 20 heavy (non-hydrogen) atoms. The van der Waals surface area contributed by atoms with Crippen molar-refractivity contribution in [3.63, 3.8) is 0 Å². The van der Waals surface area contributed by atoms with Crippen molar-refractivity contribution in [1.29, 1.82) is 0 Å². The minimum Gasteiger partial charge on any atom is -0.481 e. The number of carboxylic acid groups (broad SMARTS) is 1. The van der Waals surface area contributed by atoms with E-state index in [0.717, 1.165) is 24.1 Å². The molecule has 0 amide bonds. The number of aryl methyl sites for hydroxylation is 1. The quantitative estimate of drug-likeness (QED) is 0.652. The predicted octanol–water partition coefficient (Wildman–Crippen LogP) is 2.96. The van der Waals surface area contributed by atoms with Gasteiger partial charge in [-0.3, -0.25) is 14.9 Å². The van der Waals surface area contributed by atoms with E-state index in [0.29, 0.717) is 12.8 Å². The first kappa shape index (κ1) is 14.3. The molecule has 1 aliphatic carbocycles. The second-order valence-electron chi connectivity index (χ2n) is 5.29. The topological polar surface area (TPSA) is 92.5 Å². The minimum atomic E-state index is -0.713. The minimum absolute atomic E-state index is 0.0858. The van der Waals surface area contributed by atoms with Gasteiger partial charge in [0.1, 0.15) is 0 Å². The van der Waals surface area contributed by atoms with Crippen molar-refractivity contribution in [2.75, 3.05) is 5.32 Å². The van der Waals surface area contributed by atoms with Gasteiger partial charge < -0.3 is 10.4 Å². The molecule has 1 fully saturated rings. The molecule has 0 aliphatic heterocycles. The Hall–Kier alpha value is -2.11. The fourth-order valence-electron chi connectivity index (χ4n) is 2.63. The Balaban J connectivity index is 1.98. The van der Waals surface area contributed by atoms with Crippen LogP contribution in [0.25, 0.3) is 0 Å². The average molecular weight is 278 g/mol. The third-order valence-corrected chi connectivity index (χ3v) is 3.86. The molecule has 0 saturated heterocycles. The maximum Gasteiger partial charge on any atom is 0.306 e. The maximum atomic E-state index is 10.9. The lowest BCUT2D eigenvalue weighted by Gasteiger charge is -2.28. The van der Waals surface area contributed by atoms with Crippen LogP contribution in [-0.2, 0) is 4.79 Å². The number of carboxylic acids is 1. The Bertz CT molecular complexity index is 522. The molecule has 108 valence electrons. The Morgan fingerprint density at radius 3 is 2.50 bits per heavy atom. The summed E-state index contributed by atoms with van der Waals surface area (Å²) < 4.78 is 0. The van der Waals surface area contributed by atoms with Crippen LogP contribution in [0.4, 0.5) is 11.4 Å². The number of hydrogen-bond donors (Lipinski definition) is 2. The Labute approximate surface area is 117 Å². The van der Waals surface area contributed by atoms with Crippen molar-refractivity contribution in [1.82, 2.24) is 0 Å². The maximum absolute atomic E-state index is 10.9. The van der Waals surface area contributed by atoms with Crippen LogP contribution in [0.15, 0.2) is 18.2 Å². The zero-order valence-corrected chi connectivity index (χ0v) is 11.3. The molecule has 0 heterocycles. The molecule has 0 aromatic heterocycles. The highest BCUT2D eigenvalue weighted by Crippen LogP contribution is 2.28. The van der Waals surface area contributed by atoms with E-state index in [9.17, 15) is 14.9 Å². The van der Waals surface area contributed by atoms with Crippen LogP contribution < -0.4 is 5.32 Å². The third-order valence-electron chi connectivity index (χ3n) is 3.86. The second-order valence-corrected chi connectivity index (χ2v) is 5.29. The highest BCUT2D eigenvalue weighted by Gasteiger charge is 2.26. The molecule has 6 heteroatoms. The molecular weight excluding hydrogens is 260 g/mol. The van der Waals surface area contributed by atoms with Gasteiger partial charge in [-0.15, -0.1) is 0 Å². The van der Waals surface area contributed by atoms with Crippen LogP contribution in [0, 0.1) is 23.0 Å². The molecule has 6 nitrogen and oxygen atoms in total. The first-order valence-electron chi connectivity index (χ1n) is 6.71. The molecule has 1 aromatic rings. The number of non-ortho nitro benzene ring substituents is 1. The van der Waals surface area contributed by atoms with E-state index < -0.39 is 10.9 Å². The Kier molecular flexibility index (Phi) is 4.22. The first-order chi connectivity index (χ1) is 9.47. The summed E-state index contributed by atoms with van der Waals surface area (Å²) in [4.78, 5) is 21.2. The van der Waals surface area contributed by atoms with Crippen molar-refractivity contribution in [3.8, 4) is 0 Å². The largest absolute Gasteiger partial charge is 0.481 e. The predicted molar refractivity (Wildman–Crippen MR) is 74.8 cm³/mol. The van der Waals surface area contributed by atoms with Gasteiger partial charge >= 0.3 is 5.97 Å². The number of carbonyl (C=O) groups is 1. The zero-order valence-electron chi connectivity index (χ0n) is 11.3. The number of nitro benzene ring substituents is 1. The summed E-state index contributed by atoms with van der Waals surface area (Å²) in [7, 11) is 0. The van der Waals surface area contributed by atoms with Gasteiger partial charge in [0.15, 0.2) is 0 Å². The van der Waals surface area contributed by atoms with Gasteiger partial charge in [0.2, 0.25) is 0 Å². The summed E-state index contributed by atoms with van der Waals surface area (Å²) in [5.41, 5.74) is 1.80. The normalized spacial score (nSPS) is 22.2. The summed E-state index contributed by atoms with van der Waals surface area (Å²) in [6.45, 7) is 1.83. The average Bonchev–Trinajstić information content (AvgIpc) is 2.41. The number of hydrogen-bond acceptors (Lipinski definition) is 4. The summed E-state index contributed by atoms with van der Waals surface area (Å²) in [5, 5.41) is 23.0. The first-order valence-corrected chi connectivity index (χ1v) is 6.71. The number of nitro groups is 1. The van der Waals surface area contributed by atoms with Gasteiger partial charge in [-0.1, -0.05) is 0 Å². The van der Waals surface area contributed by atoms with E-state index >= 15 is 0 Å². The lowest BCUT2D eigenvalue weighted by molar-refractivity contribution is -0.384. The summed E-state index contributed by atoms with van der Waals surface area (Å²) >= 11 is 0. The van der Waals surface area contributed by atoms with Crippen LogP contribution in [0.3, 0.4) is 0 Å². The molecule has 2 N–H and O–H groups in total. The van der Waals surface area contributed by atoms with Crippen LogP contribution in [-0.4, -0.2) is 22.0 Å². The van der Waals surface area contributed by atoms with E-state index in [2.05, 4.69) is 5.32 Å². The molecule has 2 rings (SSSR count). The van der Waals surface area contributed by atoms with Gasteiger partial charge in [0.25, 0.3) is 5.69 Å². The molecule has 0 unspecified atom stereocenters. The third kappa shape index (κ3) is 3.26. The second kappa shape index (κ2) is 5.90. The van der Waals surface area contributed by atoms with Gasteiger partial charge in [-0.2, -0.15) is 0 Å². The van der Waals surface area contributed by atoms with Gasteiger partial charge in [-0.05, 0) is 44.2 Å². The fraction of sp³-hybridized carbons (Fsp3) is 0.500. The monoisotopic (exact) mass is 278 g/mol. The van der Waals surface area contributed by atoms with E-state index in [1.165, 1.54) is 6.07 Å². The Morgan fingerprint density at radius 1 is 1.35 bits per heavy atom. The van der Waals surface area contributed by atoms with E-state index in [1.807, 2.05) is 6.92 Å². The summed E-state index contributed by atoms with van der Waals surface area (Å²) in [6.07, 6.45) is 2.98. The number of nitrogens with one attached hydrogen (secondary N) is 1. The molecule has 0 bridgehead atoms. The zero-order chi connectivity index (χ0) is 14.7. The number of anilines is 1. The van der Waals surface area contributed by atoms with Crippen molar-refractivity contribution >= 4 is 17.3 Å². The summed E-state index contributed by atoms with van der Waals surface area (Å²) in [5.74, 6) is -0.944. The van der Waals surface area contributed by atoms with Crippen LogP contribution in [0.2, 0.25) is 0 Å². The van der Waals surface area contributed by atoms with Crippen molar-refractivity contribution in [2.45, 2.75) is 38.6 Å². The van der Waals surface area contributed by atoms with Crippen LogP contribution in [0.1, 0.15) is 31.2 Å². The molecule has 1 saturated carbocycles. The molecule has 0 radical (unpaired) electrons. The van der Waals surface area contributed by atoms with Gasteiger partial charge in [0, 0.05) is 23.9 Å². The van der Waals surface area contributed by atoms with E-state index in [-0.39, 0.29) is 17.6 Å². The molecular formula is C14H18N2O4. The lowest BCUT2D eigenvalue weighted by Crippen LogP contribution is -2.29. The molecule has 1 aliphatic rings. The highest BCUT2D eigenvalue weighted by molar-refractivity contribution is 5.70. The van der Waals surface area contributed by atoms with Crippen molar-refractivity contribution in [2.24, 2.45) is 5.92 Å². The van der Waals surface area contributed by atoms with Gasteiger partial charge in [-0.25, -0.2) is 0 Å². The number of aliphatic carboxylic acids is 1. The number of rotatable bonds is 4. The standard InChI is InChI=1S/C14H18N2O4/c1-9-8-12(16(19)20)6-7-13(9)15-11-4-2-10(3-5-11)14(17)18/h6-8,10-11,15H,2-5H2,1H3,(H,17,18). The lowest BCUT2D eigenvalue weighted by atomic mass is 9.86. The summed E-state index contributed by atoms with van der Waals surface area (Å²) in [6, 6.07) is 4.99. The van der Waals surface area contributed by atoms with Crippen molar-refractivity contribution in [3.05, 3.63) is 33.9 Å². The molecule has 0 spiro atoms. The Morgan fingerprint density at radius 2 is 2.00 bits per heavy atom. The van der Waals surface area contributed by atoms with Crippen molar-refractivity contribution < 1.29 is 14.8 Å². The molecule has 1 aromatic carbocycles. The number of benzene rings is 1. The number of nitrogens with zero attached hydrogens (tertiary/aromatic N) is 1. The molecule has 0 atom stereocenters. The van der Waals surface area contributed by atoms with Crippen LogP contribution >= 0.6 is 0 Å². The van der Waals surface area contributed by atoms with Crippen LogP contribution in [0.5, 0.6) is 0 Å². The van der Waals surface area contributed by atoms with E-state index in [1.54, 1.807) is 12.1 Å². The fourth-order valence-corrected chi connectivity index (χ4v) is 2.63. The highest BCUT2D eigenvalue weighted by atomic mass is 16.6. The smallest absolute Gasteiger partial charge is 0.306 e.